The van der Waals surface area contributed by atoms with E-state index in [9.17, 15) is 4.39 Å². The highest BCUT2D eigenvalue weighted by Gasteiger charge is 2.40. The van der Waals surface area contributed by atoms with Crippen LogP contribution in [0.1, 0.15) is 19.0 Å². The first kappa shape index (κ1) is 9.93. The third kappa shape index (κ3) is 1.42. The molecule has 2 heterocycles. The molecule has 1 saturated heterocycles. The van der Waals surface area contributed by atoms with Crippen molar-refractivity contribution in [3.05, 3.63) is 16.9 Å². The summed E-state index contributed by atoms with van der Waals surface area (Å²) in [5.74, 6) is 0. The second-order valence-corrected chi connectivity index (χ2v) is 3.96. The Morgan fingerprint density at radius 2 is 2.57 bits per heavy atom. The van der Waals surface area contributed by atoms with E-state index in [1.54, 1.807) is 4.68 Å². The highest BCUT2D eigenvalue weighted by Crippen LogP contribution is 2.36. The topological polar surface area (TPSA) is 29.9 Å². The van der Waals surface area contributed by atoms with Gasteiger partial charge in [0.15, 0.2) is 5.67 Å². The van der Waals surface area contributed by atoms with Crippen molar-refractivity contribution in [3.63, 3.8) is 0 Å². The summed E-state index contributed by atoms with van der Waals surface area (Å²) in [5, 5.41) is 7.47. The second-order valence-electron chi connectivity index (χ2n) is 3.55. The van der Waals surface area contributed by atoms with Crippen molar-refractivity contribution in [2.24, 2.45) is 0 Å². The zero-order chi connectivity index (χ0) is 10.2. The zero-order valence-electron chi connectivity index (χ0n) is 8.06. The molecule has 1 aromatic heterocycles. The summed E-state index contributed by atoms with van der Waals surface area (Å²) in [4.78, 5) is 0. The number of hydrogen-bond acceptors (Lipinski definition) is 2. The van der Waals surface area contributed by atoms with Gasteiger partial charge in [-0.2, -0.15) is 5.10 Å². The van der Waals surface area contributed by atoms with Gasteiger partial charge in [0, 0.05) is 19.5 Å². The first-order chi connectivity index (χ1) is 6.67. The lowest BCUT2D eigenvalue weighted by atomic mass is 10.0. The molecule has 1 aromatic rings. The van der Waals surface area contributed by atoms with Gasteiger partial charge in [-0.05, 0) is 13.5 Å². The van der Waals surface area contributed by atoms with Crippen LogP contribution in [-0.4, -0.2) is 22.9 Å². The minimum atomic E-state index is -1.34. The first-order valence-electron chi connectivity index (χ1n) is 4.79. The monoisotopic (exact) mass is 217 g/mol. The van der Waals surface area contributed by atoms with Crippen LogP contribution < -0.4 is 5.32 Å². The average Bonchev–Trinajstić information content (AvgIpc) is 2.73. The van der Waals surface area contributed by atoms with Crippen molar-refractivity contribution in [1.29, 1.82) is 0 Å². The van der Waals surface area contributed by atoms with E-state index in [-0.39, 0.29) is 0 Å². The minimum absolute atomic E-state index is 0.332. The third-order valence-corrected chi connectivity index (χ3v) is 2.90. The number of alkyl halides is 1. The van der Waals surface area contributed by atoms with Gasteiger partial charge in [0.05, 0.1) is 16.9 Å². The van der Waals surface area contributed by atoms with Crippen molar-refractivity contribution in [2.75, 3.05) is 13.1 Å². The summed E-state index contributed by atoms with van der Waals surface area (Å²) >= 11 is 5.94. The molecule has 0 bridgehead atoms. The predicted octanol–water partition coefficient (Wildman–Crippen LogP) is 1.71. The van der Waals surface area contributed by atoms with Gasteiger partial charge in [-0.15, -0.1) is 0 Å². The molecule has 0 radical (unpaired) electrons. The van der Waals surface area contributed by atoms with Crippen LogP contribution in [0.5, 0.6) is 0 Å². The van der Waals surface area contributed by atoms with Crippen LogP contribution in [0, 0.1) is 0 Å². The Labute approximate surface area is 87.2 Å². The van der Waals surface area contributed by atoms with Crippen LogP contribution in [0.2, 0.25) is 5.02 Å². The van der Waals surface area contributed by atoms with Crippen LogP contribution in [0.25, 0.3) is 0 Å². The van der Waals surface area contributed by atoms with Crippen LogP contribution in [-0.2, 0) is 12.2 Å². The molecule has 0 aromatic carbocycles. The van der Waals surface area contributed by atoms with Crippen LogP contribution in [0.15, 0.2) is 6.20 Å². The van der Waals surface area contributed by atoms with Gasteiger partial charge in [0.2, 0.25) is 0 Å². The van der Waals surface area contributed by atoms with Crippen molar-refractivity contribution in [2.45, 2.75) is 25.6 Å². The van der Waals surface area contributed by atoms with Gasteiger partial charge in [-0.25, -0.2) is 4.39 Å². The lowest BCUT2D eigenvalue weighted by Gasteiger charge is -2.19. The van der Waals surface area contributed by atoms with Crippen LogP contribution >= 0.6 is 11.6 Å². The van der Waals surface area contributed by atoms with Gasteiger partial charge in [0.1, 0.15) is 0 Å². The quantitative estimate of drug-likeness (QED) is 0.818. The largest absolute Gasteiger partial charge is 0.313 e. The maximum atomic E-state index is 14.4. The number of rotatable bonds is 2. The first-order valence-corrected chi connectivity index (χ1v) is 5.16. The van der Waals surface area contributed by atoms with Crippen LogP contribution in [0.3, 0.4) is 0 Å². The van der Waals surface area contributed by atoms with E-state index < -0.39 is 5.67 Å². The van der Waals surface area contributed by atoms with E-state index in [4.69, 9.17) is 11.6 Å². The third-order valence-electron chi connectivity index (χ3n) is 2.62. The fourth-order valence-electron chi connectivity index (χ4n) is 1.91. The number of aryl methyl sites for hydroxylation is 1. The Bertz CT molecular complexity index is 331. The predicted molar refractivity (Wildman–Crippen MR) is 53.2 cm³/mol. The number of aromatic nitrogens is 2. The molecule has 5 heteroatoms. The summed E-state index contributed by atoms with van der Waals surface area (Å²) in [5.41, 5.74) is -0.824. The van der Waals surface area contributed by atoms with Crippen molar-refractivity contribution >= 4 is 11.6 Å². The normalized spacial score (nSPS) is 27.1. The van der Waals surface area contributed by atoms with Crippen molar-refractivity contribution in [3.8, 4) is 0 Å². The van der Waals surface area contributed by atoms with E-state index in [2.05, 4.69) is 10.4 Å². The zero-order valence-corrected chi connectivity index (χ0v) is 8.81. The van der Waals surface area contributed by atoms with E-state index in [0.717, 1.165) is 0 Å². The van der Waals surface area contributed by atoms with Crippen molar-refractivity contribution < 1.29 is 4.39 Å². The smallest absolute Gasteiger partial charge is 0.167 e. The number of hydrogen-bond donors (Lipinski definition) is 1. The molecule has 14 heavy (non-hydrogen) atoms. The molecule has 1 aliphatic rings. The average molecular weight is 218 g/mol. The van der Waals surface area contributed by atoms with E-state index in [0.29, 0.717) is 36.8 Å². The molecule has 1 fully saturated rings. The molecule has 78 valence electrons. The van der Waals surface area contributed by atoms with Gasteiger partial charge in [-0.1, -0.05) is 11.6 Å². The van der Waals surface area contributed by atoms with Gasteiger partial charge in [0.25, 0.3) is 0 Å². The Kier molecular flexibility index (Phi) is 2.49. The van der Waals surface area contributed by atoms with Crippen LogP contribution in [0.4, 0.5) is 4.39 Å². The summed E-state index contributed by atoms with van der Waals surface area (Å²) in [7, 11) is 0. The molecule has 0 saturated carbocycles. The number of nitrogens with one attached hydrogen (secondary N) is 1. The fraction of sp³-hybridized carbons (Fsp3) is 0.667. The molecular weight excluding hydrogens is 205 g/mol. The molecule has 2 rings (SSSR count). The Balaban J connectivity index is 2.42. The highest BCUT2D eigenvalue weighted by molar-refractivity contribution is 6.31. The summed E-state index contributed by atoms with van der Waals surface area (Å²) in [6.07, 6.45) is 1.98. The summed E-state index contributed by atoms with van der Waals surface area (Å²) in [6, 6.07) is 0. The highest BCUT2D eigenvalue weighted by atomic mass is 35.5. The van der Waals surface area contributed by atoms with Gasteiger partial charge >= 0.3 is 0 Å². The lowest BCUT2D eigenvalue weighted by molar-refractivity contribution is 0.177. The minimum Gasteiger partial charge on any atom is -0.313 e. The molecule has 1 N–H and O–H groups in total. The van der Waals surface area contributed by atoms with Gasteiger partial charge in [-0.3, -0.25) is 4.68 Å². The Hall–Kier alpha value is -0.610. The van der Waals surface area contributed by atoms with Crippen molar-refractivity contribution in [1.82, 2.24) is 15.1 Å². The molecule has 1 unspecified atom stereocenters. The lowest BCUT2D eigenvalue weighted by Crippen LogP contribution is -2.27. The molecule has 3 nitrogen and oxygen atoms in total. The van der Waals surface area contributed by atoms with E-state index in [1.165, 1.54) is 6.20 Å². The van der Waals surface area contributed by atoms with Gasteiger partial charge < -0.3 is 5.32 Å². The molecule has 1 atom stereocenters. The molecule has 0 aliphatic carbocycles. The molecule has 1 aliphatic heterocycles. The van der Waals surface area contributed by atoms with E-state index >= 15 is 0 Å². The number of nitrogens with zero attached hydrogens (tertiary/aromatic N) is 2. The second kappa shape index (κ2) is 3.51. The summed E-state index contributed by atoms with van der Waals surface area (Å²) < 4.78 is 16.0. The standard InChI is InChI=1S/C9H13ClFN3/c1-2-14-8(7(10)5-13-14)9(11)3-4-12-6-9/h5,12H,2-4,6H2,1H3. The fourth-order valence-corrected chi connectivity index (χ4v) is 2.22. The van der Waals surface area contributed by atoms with E-state index in [1.807, 2.05) is 6.92 Å². The maximum absolute atomic E-state index is 14.4. The maximum Gasteiger partial charge on any atom is 0.167 e. The number of halogens is 2. The molecule has 0 amide bonds. The Morgan fingerprint density at radius 3 is 3.14 bits per heavy atom. The molecular formula is C9H13ClFN3. The summed E-state index contributed by atoms with van der Waals surface area (Å²) in [6.45, 7) is 3.60. The SMILES string of the molecule is CCn1ncc(Cl)c1C1(F)CCNC1. The Morgan fingerprint density at radius 1 is 1.79 bits per heavy atom. The molecule has 0 spiro atoms.